The molecule has 19 heavy (non-hydrogen) atoms. The molecule has 0 radical (unpaired) electrons. The zero-order valence-electron chi connectivity index (χ0n) is 11.7. The van der Waals surface area contributed by atoms with Crippen LogP contribution in [-0.4, -0.2) is 11.5 Å². The number of hydrogen-bond acceptors (Lipinski definition) is 3. The first-order valence-corrected chi connectivity index (χ1v) is 7.80. The van der Waals surface area contributed by atoms with Crippen LogP contribution in [-0.2, 0) is 6.42 Å². The number of thiophene rings is 1. The van der Waals surface area contributed by atoms with Crippen molar-refractivity contribution in [3.05, 3.63) is 52.0 Å². The van der Waals surface area contributed by atoms with Crippen molar-refractivity contribution in [2.45, 2.75) is 39.2 Å². The molecule has 0 fully saturated rings. The first-order chi connectivity index (χ1) is 9.29. The van der Waals surface area contributed by atoms with E-state index in [1.165, 1.54) is 21.7 Å². The lowest BCUT2D eigenvalue weighted by Crippen LogP contribution is -2.21. The van der Waals surface area contributed by atoms with Crippen molar-refractivity contribution < 1.29 is 0 Å². The van der Waals surface area contributed by atoms with E-state index in [9.17, 15) is 0 Å². The molecule has 102 valence electrons. The van der Waals surface area contributed by atoms with Gasteiger partial charge >= 0.3 is 0 Å². The van der Waals surface area contributed by atoms with Crippen molar-refractivity contribution in [2.24, 2.45) is 0 Å². The average molecular weight is 274 g/mol. The van der Waals surface area contributed by atoms with Crippen molar-refractivity contribution in [3.63, 3.8) is 0 Å². The van der Waals surface area contributed by atoms with E-state index >= 15 is 0 Å². The number of rotatable bonds is 7. The summed E-state index contributed by atoms with van der Waals surface area (Å²) in [5, 5.41) is 3.66. The lowest BCUT2D eigenvalue weighted by Gasteiger charge is -2.17. The Labute approximate surface area is 119 Å². The third kappa shape index (κ3) is 4.44. The van der Waals surface area contributed by atoms with Gasteiger partial charge in [0, 0.05) is 28.2 Å². The number of hydrogen-bond donors (Lipinski definition) is 1. The van der Waals surface area contributed by atoms with Crippen LogP contribution in [0.3, 0.4) is 0 Å². The topological polar surface area (TPSA) is 24.9 Å². The second-order valence-electron chi connectivity index (χ2n) is 4.85. The Morgan fingerprint density at radius 3 is 2.63 bits per heavy atom. The first kappa shape index (κ1) is 14.2. The zero-order chi connectivity index (χ0) is 13.5. The van der Waals surface area contributed by atoms with E-state index in [4.69, 9.17) is 0 Å². The second kappa shape index (κ2) is 7.41. The van der Waals surface area contributed by atoms with E-state index in [1.807, 2.05) is 23.7 Å². The molecule has 2 nitrogen and oxygen atoms in total. The van der Waals surface area contributed by atoms with E-state index in [0.717, 1.165) is 19.4 Å². The van der Waals surface area contributed by atoms with E-state index in [1.54, 1.807) is 0 Å². The Bertz CT molecular complexity index is 479. The van der Waals surface area contributed by atoms with Gasteiger partial charge in [0.15, 0.2) is 0 Å². The quantitative estimate of drug-likeness (QED) is 0.821. The summed E-state index contributed by atoms with van der Waals surface area (Å²) in [5.74, 6) is 0. The van der Waals surface area contributed by atoms with Crippen molar-refractivity contribution >= 4 is 11.3 Å². The average Bonchev–Trinajstić information content (AvgIpc) is 2.86. The molecule has 0 aliphatic carbocycles. The van der Waals surface area contributed by atoms with Crippen molar-refractivity contribution in [2.75, 3.05) is 6.54 Å². The van der Waals surface area contributed by atoms with Gasteiger partial charge in [-0.1, -0.05) is 6.92 Å². The van der Waals surface area contributed by atoms with Crippen LogP contribution in [0.25, 0.3) is 0 Å². The smallest absolute Gasteiger partial charge is 0.0418 e. The summed E-state index contributed by atoms with van der Waals surface area (Å²) < 4.78 is 0. The normalized spacial score (nSPS) is 12.5. The van der Waals surface area contributed by atoms with Gasteiger partial charge in [-0.25, -0.2) is 0 Å². The second-order valence-corrected chi connectivity index (χ2v) is 6.17. The monoisotopic (exact) mass is 274 g/mol. The fourth-order valence-electron chi connectivity index (χ4n) is 2.16. The van der Waals surface area contributed by atoms with E-state index < -0.39 is 0 Å². The zero-order valence-corrected chi connectivity index (χ0v) is 12.5. The molecule has 2 aromatic rings. The van der Waals surface area contributed by atoms with Crippen LogP contribution >= 0.6 is 11.3 Å². The maximum Gasteiger partial charge on any atom is 0.0418 e. The minimum Gasteiger partial charge on any atom is -0.309 e. The molecule has 0 aliphatic heterocycles. The molecular weight excluding hydrogens is 252 g/mol. The van der Waals surface area contributed by atoms with Crippen LogP contribution in [0, 0.1) is 6.92 Å². The van der Waals surface area contributed by atoms with E-state index in [2.05, 4.69) is 48.4 Å². The summed E-state index contributed by atoms with van der Waals surface area (Å²) in [6, 6.07) is 9.17. The molecule has 1 N–H and O–H groups in total. The predicted octanol–water partition coefficient (Wildman–Crippen LogP) is 4.13. The molecule has 2 rings (SSSR count). The van der Waals surface area contributed by atoms with Gasteiger partial charge in [-0.2, -0.15) is 0 Å². The van der Waals surface area contributed by atoms with Gasteiger partial charge in [0.05, 0.1) is 0 Å². The molecule has 2 heterocycles. The summed E-state index contributed by atoms with van der Waals surface area (Å²) in [6.45, 7) is 5.47. The third-order valence-electron chi connectivity index (χ3n) is 3.22. The standard InChI is InChI=1S/C16H22N2S/c1-3-10-18-15(16-7-4-13(2)19-16)6-5-14-8-11-17-12-9-14/h4,7-9,11-12,15,18H,3,5-6,10H2,1-2H3. The number of aromatic nitrogens is 1. The van der Waals surface area contributed by atoms with Crippen LogP contribution in [0.5, 0.6) is 0 Å². The minimum atomic E-state index is 0.479. The van der Waals surface area contributed by atoms with E-state index in [-0.39, 0.29) is 0 Å². The molecule has 0 saturated heterocycles. The largest absolute Gasteiger partial charge is 0.309 e. The summed E-state index contributed by atoms with van der Waals surface area (Å²) in [6.07, 6.45) is 7.17. The SMILES string of the molecule is CCCNC(CCc1ccncc1)c1ccc(C)s1. The molecule has 0 saturated carbocycles. The highest BCUT2D eigenvalue weighted by atomic mass is 32.1. The molecule has 2 aromatic heterocycles. The fraction of sp³-hybridized carbons (Fsp3) is 0.438. The van der Waals surface area contributed by atoms with Gasteiger partial charge in [-0.3, -0.25) is 4.98 Å². The number of nitrogens with one attached hydrogen (secondary N) is 1. The van der Waals surface area contributed by atoms with Crippen molar-refractivity contribution in [1.29, 1.82) is 0 Å². The van der Waals surface area contributed by atoms with Gasteiger partial charge in [-0.05, 0) is 62.6 Å². The Kier molecular flexibility index (Phi) is 5.55. The van der Waals surface area contributed by atoms with Gasteiger partial charge in [-0.15, -0.1) is 11.3 Å². The highest BCUT2D eigenvalue weighted by Gasteiger charge is 2.12. The summed E-state index contributed by atoms with van der Waals surface area (Å²) >= 11 is 1.91. The molecule has 0 bridgehead atoms. The van der Waals surface area contributed by atoms with Gasteiger partial charge < -0.3 is 5.32 Å². The summed E-state index contributed by atoms with van der Waals surface area (Å²) in [5.41, 5.74) is 1.37. The third-order valence-corrected chi connectivity index (χ3v) is 4.33. The van der Waals surface area contributed by atoms with Gasteiger partial charge in [0.1, 0.15) is 0 Å². The molecule has 0 aromatic carbocycles. The molecule has 3 heteroatoms. The Morgan fingerprint density at radius 1 is 1.21 bits per heavy atom. The first-order valence-electron chi connectivity index (χ1n) is 6.98. The molecule has 0 spiro atoms. The van der Waals surface area contributed by atoms with Crippen LogP contribution in [0.15, 0.2) is 36.7 Å². The van der Waals surface area contributed by atoms with Gasteiger partial charge in [0.25, 0.3) is 0 Å². The van der Waals surface area contributed by atoms with Crippen LogP contribution in [0.2, 0.25) is 0 Å². The molecule has 0 amide bonds. The summed E-state index contributed by atoms with van der Waals surface area (Å²) in [7, 11) is 0. The number of nitrogens with zero attached hydrogens (tertiary/aromatic N) is 1. The minimum absolute atomic E-state index is 0.479. The molecule has 1 atom stereocenters. The number of aryl methyl sites for hydroxylation is 2. The lowest BCUT2D eigenvalue weighted by molar-refractivity contribution is 0.506. The maximum atomic E-state index is 4.07. The Hall–Kier alpha value is -1.19. The Morgan fingerprint density at radius 2 is 2.00 bits per heavy atom. The highest BCUT2D eigenvalue weighted by Crippen LogP contribution is 2.26. The molecule has 0 aliphatic rings. The molecular formula is C16H22N2S. The predicted molar refractivity (Wildman–Crippen MR) is 82.6 cm³/mol. The van der Waals surface area contributed by atoms with Gasteiger partial charge in [0.2, 0.25) is 0 Å². The molecule has 1 unspecified atom stereocenters. The van der Waals surface area contributed by atoms with Crippen LogP contribution < -0.4 is 5.32 Å². The van der Waals surface area contributed by atoms with Crippen molar-refractivity contribution in [3.8, 4) is 0 Å². The lowest BCUT2D eigenvalue weighted by atomic mass is 10.0. The fourth-order valence-corrected chi connectivity index (χ4v) is 3.15. The number of pyridine rings is 1. The summed E-state index contributed by atoms with van der Waals surface area (Å²) in [4.78, 5) is 6.92. The van der Waals surface area contributed by atoms with E-state index in [0.29, 0.717) is 6.04 Å². The van der Waals surface area contributed by atoms with Crippen LogP contribution in [0.1, 0.15) is 41.1 Å². The van der Waals surface area contributed by atoms with Crippen molar-refractivity contribution in [1.82, 2.24) is 10.3 Å². The highest BCUT2D eigenvalue weighted by molar-refractivity contribution is 7.12. The van der Waals surface area contributed by atoms with Crippen LogP contribution in [0.4, 0.5) is 0 Å². The maximum absolute atomic E-state index is 4.07. The Balaban J connectivity index is 1.98.